The molecule has 2 aromatic carbocycles. The molecule has 1 aliphatic heterocycles. The summed E-state index contributed by atoms with van der Waals surface area (Å²) in [5, 5.41) is 2.80. The highest BCUT2D eigenvalue weighted by molar-refractivity contribution is 6.21. The Labute approximate surface area is 140 Å². The summed E-state index contributed by atoms with van der Waals surface area (Å²) in [5.74, 6) is -0.694. The molecule has 2 aromatic rings. The van der Waals surface area contributed by atoms with Gasteiger partial charge in [-0.05, 0) is 29.7 Å². The van der Waals surface area contributed by atoms with E-state index in [1.807, 2.05) is 37.3 Å². The van der Waals surface area contributed by atoms with Crippen molar-refractivity contribution in [3.05, 3.63) is 65.2 Å². The molecule has 0 bridgehead atoms. The van der Waals surface area contributed by atoms with Crippen LogP contribution in [-0.4, -0.2) is 29.7 Å². The van der Waals surface area contributed by atoms with Gasteiger partial charge in [-0.1, -0.05) is 37.3 Å². The van der Waals surface area contributed by atoms with Gasteiger partial charge >= 0.3 is 0 Å². The summed E-state index contributed by atoms with van der Waals surface area (Å²) >= 11 is 0. The predicted molar refractivity (Wildman–Crippen MR) is 91.0 cm³/mol. The maximum atomic E-state index is 12.2. The highest BCUT2D eigenvalue weighted by Gasteiger charge is 2.32. The lowest BCUT2D eigenvalue weighted by atomic mass is 9.97. The van der Waals surface area contributed by atoms with Crippen molar-refractivity contribution in [3.63, 3.8) is 0 Å². The smallest absolute Gasteiger partial charge is 0.261 e. The second kappa shape index (κ2) is 6.28. The highest BCUT2D eigenvalue weighted by atomic mass is 16.2. The van der Waals surface area contributed by atoms with Crippen molar-refractivity contribution in [1.29, 1.82) is 0 Å². The number of carbonyl (C=O) groups is 3. The summed E-state index contributed by atoms with van der Waals surface area (Å²) in [4.78, 5) is 37.2. The lowest BCUT2D eigenvalue weighted by molar-refractivity contribution is -0.116. The van der Waals surface area contributed by atoms with Crippen LogP contribution in [-0.2, 0) is 4.79 Å². The van der Waals surface area contributed by atoms with Crippen LogP contribution >= 0.6 is 0 Å². The zero-order chi connectivity index (χ0) is 17.3. The molecule has 1 aliphatic rings. The van der Waals surface area contributed by atoms with Gasteiger partial charge in [-0.2, -0.15) is 0 Å². The van der Waals surface area contributed by atoms with Gasteiger partial charge in [0, 0.05) is 19.2 Å². The lowest BCUT2D eigenvalue weighted by Crippen LogP contribution is -2.24. The van der Waals surface area contributed by atoms with Crippen molar-refractivity contribution in [1.82, 2.24) is 4.90 Å². The molecule has 3 amide bonds. The Bertz CT molecular complexity index is 815. The van der Waals surface area contributed by atoms with Gasteiger partial charge in [0.1, 0.15) is 0 Å². The standard InChI is InChI=1S/C19H18N2O3/c1-12(13-6-4-3-5-7-13)10-17(22)20-14-8-9-15-16(11-14)19(24)21(2)18(15)23/h3-9,11-12H,10H2,1-2H3,(H,20,22). The molecule has 0 saturated heterocycles. The Morgan fingerprint density at radius 2 is 1.71 bits per heavy atom. The van der Waals surface area contributed by atoms with Crippen LogP contribution in [0, 0.1) is 0 Å². The zero-order valence-corrected chi connectivity index (χ0v) is 13.6. The van der Waals surface area contributed by atoms with E-state index in [-0.39, 0.29) is 23.6 Å². The molecule has 1 N–H and O–H groups in total. The molecule has 0 saturated carbocycles. The second-order valence-corrected chi connectivity index (χ2v) is 5.99. The topological polar surface area (TPSA) is 66.5 Å². The van der Waals surface area contributed by atoms with Crippen molar-refractivity contribution >= 4 is 23.4 Å². The molecule has 0 aromatic heterocycles. The number of nitrogens with zero attached hydrogens (tertiary/aromatic N) is 1. The Morgan fingerprint density at radius 3 is 2.42 bits per heavy atom. The number of nitrogens with one attached hydrogen (secondary N) is 1. The SMILES string of the molecule is CC(CC(=O)Nc1ccc2c(c1)C(=O)N(C)C2=O)c1ccccc1. The molecule has 0 aliphatic carbocycles. The molecular weight excluding hydrogens is 304 g/mol. The molecule has 1 heterocycles. The van der Waals surface area contributed by atoms with Crippen molar-refractivity contribution in [3.8, 4) is 0 Å². The van der Waals surface area contributed by atoms with E-state index in [4.69, 9.17) is 0 Å². The number of hydrogen-bond acceptors (Lipinski definition) is 3. The Balaban J connectivity index is 1.70. The summed E-state index contributed by atoms with van der Waals surface area (Å²) in [7, 11) is 1.45. The third kappa shape index (κ3) is 2.93. The molecule has 5 heteroatoms. The largest absolute Gasteiger partial charge is 0.326 e. The van der Waals surface area contributed by atoms with Crippen LogP contribution in [0.15, 0.2) is 48.5 Å². The molecule has 5 nitrogen and oxygen atoms in total. The number of anilines is 1. The van der Waals surface area contributed by atoms with Gasteiger partial charge in [0.2, 0.25) is 5.91 Å². The number of amides is 3. The molecular formula is C19H18N2O3. The first-order valence-corrected chi connectivity index (χ1v) is 7.78. The number of benzene rings is 2. The summed E-state index contributed by atoms with van der Waals surface area (Å²) in [6.45, 7) is 1.99. The molecule has 0 fully saturated rings. The van der Waals surface area contributed by atoms with Gasteiger partial charge in [-0.25, -0.2) is 0 Å². The van der Waals surface area contributed by atoms with E-state index < -0.39 is 0 Å². The van der Waals surface area contributed by atoms with E-state index in [1.165, 1.54) is 7.05 Å². The molecule has 0 spiro atoms. The molecule has 24 heavy (non-hydrogen) atoms. The van der Waals surface area contributed by atoms with Crippen LogP contribution < -0.4 is 5.32 Å². The lowest BCUT2D eigenvalue weighted by Gasteiger charge is -2.12. The van der Waals surface area contributed by atoms with Crippen molar-refractivity contribution in [2.24, 2.45) is 0 Å². The summed E-state index contributed by atoms with van der Waals surface area (Å²) in [6, 6.07) is 14.6. The van der Waals surface area contributed by atoms with E-state index >= 15 is 0 Å². The molecule has 1 atom stereocenters. The first kappa shape index (κ1) is 15.9. The number of hydrogen-bond donors (Lipinski definition) is 1. The zero-order valence-electron chi connectivity index (χ0n) is 13.6. The molecule has 122 valence electrons. The fourth-order valence-electron chi connectivity index (χ4n) is 2.83. The van der Waals surface area contributed by atoms with E-state index in [0.29, 0.717) is 23.2 Å². The van der Waals surface area contributed by atoms with Crippen molar-refractivity contribution in [2.45, 2.75) is 19.3 Å². The monoisotopic (exact) mass is 322 g/mol. The number of imide groups is 1. The summed E-state index contributed by atoms with van der Waals surface area (Å²) in [5.41, 5.74) is 2.33. The van der Waals surface area contributed by atoms with Crippen LogP contribution in [0.4, 0.5) is 5.69 Å². The van der Waals surface area contributed by atoms with Crippen LogP contribution in [0.5, 0.6) is 0 Å². The average molecular weight is 322 g/mol. The molecule has 3 rings (SSSR count). The van der Waals surface area contributed by atoms with Gasteiger partial charge in [0.25, 0.3) is 11.8 Å². The van der Waals surface area contributed by atoms with E-state index in [9.17, 15) is 14.4 Å². The minimum atomic E-state index is -0.344. The number of carbonyl (C=O) groups excluding carboxylic acids is 3. The van der Waals surface area contributed by atoms with Crippen LogP contribution in [0.25, 0.3) is 0 Å². The van der Waals surface area contributed by atoms with Gasteiger partial charge in [0.15, 0.2) is 0 Å². The first-order valence-electron chi connectivity index (χ1n) is 7.78. The number of rotatable bonds is 4. The maximum absolute atomic E-state index is 12.2. The Morgan fingerprint density at radius 1 is 1.04 bits per heavy atom. The Hall–Kier alpha value is -2.95. The fourth-order valence-corrected chi connectivity index (χ4v) is 2.83. The van der Waals surface area contributed by atoms with Crippen molar-refractivity contribution < 1.29 is 14.4 Å². The minimum absolute atomic E-state index is 0.0926. The molecule has 0 radical (unpaired) electrons. The van der Waals surface area contributed by atoms with Crippen LogP contribution in [0.3, 0.4) is 0 Å². The first-order chi connectivity index (χ1) is 11.5. The average Bonchev–Trinajstić information content (AvgIpc) is 2.80. The predicted octanol–water partition coefficient (Wildman–Crippen LogP) is 3.04. The maximum Gasteiger partial charge on any atom is 0.261 e. The second-order valence-electron chi connectivity index (χ2n) is 5.99. The quantitative estimate of drug-likeness (QED) is 0.880. The minimum Gasteiger partial charge on any atom is -0.326 e. The highest BCUT2D eigenvalue weighted by Crippen LogP contribution is 2.25. The van der Waals surface area contributed by atoms with Crippen LogP contribution in [0.2, 0.25) is 0 Å². The van der Waals surface area contributed by atoms with Gasteiger partial charge < -0.3 is 5.32 Å². The van der Waals surface area contributed by atoms with E-state index in [2.05, 4.69) is 5.32 Å². The van der Waals surface area contributed by atoms with E-state index in [1.54, 1.807) is 18.2 Å². The third-order valence-electron chi connectivity index (χ3n) is 4.23. The van der Waals surface area contributed by atoms with Gasteiger partial charge in [0.05, 0.1) is 11.1 Å². The fraction of sp³-hybridized carbons (Fsp3) is 0.211. The third-order valence-corrected chi connectivity index (χ3v) is 4.23. The number of fused-ring (bicyclic) bond motifs is 1. The summed E-state index contributed by atoms with van der Waals surface area (Å²) in [6.07, 6.45) is 0.341. The van der Waals surface area contributed by atoms with Crippen LogP contribution in [0.1, 0.15) is 45.5 Å². The normalized spacial score (nSPS) is 14.5. The van der Waals surface area contributed by atoms with E-state index in [0.717, 1.165) is 10.5 Å². The Kier molecular flexibility index (Phi) is 4.16. The summed E-state index contributed by atoms with van der Waals surface area (Å²) < 4.78 is 0. The van der Waals surface area contributed by atoms with Gasteiger partial charge in [-0.15, -0.1) is 0 Å². The molecule has 1 unspecified atom stereocenters. The van der Waals surface area contributed by atoms with Gasteiger partial charge in [-0.3, -0.25) is 19.3 Å². The van der Waals surface area contributed by atoms with Crippen molar-refractivity contribution in [2.75, 3.05) is 12.4 Å².